The first kappa shape index (κ1) is 9.48. The molecular formula is C12H8ClNO2. The van der Waals surface area contributed by atoms with Gasteiger partial charge in [-0.2, -0.15) is 0 Å². The highest BCUT2D eigenvalue weighted by Gasteiger charge is 2.13. The zero-order valence-electron chi connectivity index (χ0n) is 8.50. The highest BCUT2D eigenvalue weighted by Crippen LogP contribution is 2.29. The van der Waals surface area contributed by atoms with E-state index in [0.717, 1.165) is 16.4 Å². The van der Waals surface area contributed by atoms with E-state index in [2.05, 4.69) is 4.98 Å². The van der Waals surface area contributed by atoms with Crippen molar-refractivity contribution in [1.82, 2.24) is 4.98 Å². The summed E-state index contributed by atoms with van der Waals surface area (Å²) in [7, 11) is 0. The van der Waals surface area contributed by atoms with E-state index in [0.29, 0.717) is 5.58 Å². The molecule has 3 aromatic rings. The summed E-state index contributed by atoms with van der Waals surface area (Å²) in [5, 5.41) is 0.384. The van der Waals surface area contributed by atoms with E-state index in [-0.39, 0.29) is 5.76 Å². The van der Waals surface area contributed by atoms with Gasteiger partial charge in [-0.15, -0.1) is 0 Å². The highest BCUT2D eigenvalue weighted by atomic mass is 35.5. The van der Waals surface area contributed by atoms with Crippen molar-refractivity contribution in [3.8, 4) is 0 Å². The Morgan fingerprint density at radius 1 is 1.31 bits per heavy atom. The molecule has 2 aromatic heterocycles. The lowest BCUT2D eigenvalue weighted by Crippen LogP contribution is -1.82. The van der Waals surface area contributed by atoms with Gasteiger partial charge in [0.2, 0.25) is 0 Å². The molecule has 80 valence electrons. The van der Waals surface area contributed by atoms with Crippen molar-refractivity contribution in [3.63, 3.8) is 0 Å². The third-order valence-corrected chi connectivity index (χ3v) is 2.80. The average Bonchev–Trinajstić information content (AvgIpc) is 2.73. The van der Waals surface area contributed by atoms with Gasteiger partial charge in [0.15, 0.2) is 11.3 Å². The molecule has 0 bridgehead atoms. The normalized spacial score (nSPS) is 11.4. The molecule has 3 nitrogen and oxygen atoms in total. The number of hydrogen-bond acceptors (Lipinski definition) is 2. The average molecular weight is 234 g/mol. The van der Waals surface area contributed by atoms with E-state index in [1.165, 1.54) is 5.56 Å². The first-order chi connectivity index (χ1) is 7.65. The summed E-state index contributed by atoms with van der Waals surface area (Å²) in [6.07, 6.45) is 0. The van der Waals surface area contributed by atoms with Crippen LogP contribution < -0.4 is 0 Å². The Kier molecular flexibility index (Phi) is 1.85. The van der Waals surface area contributed by atoms with Gasteiger partial charge in [0.1, 0.15) is 0 Å². The minimum absolute atomic E-state index is 0.172. The lowest BCUT2D eigenvalue weighted by molar-refractivity contribution is 0.105. The number of hydrogen-bond donors (Lipinski definition) is 1. The van der Waals surface area contributed by atoms with Gasteiger partial charge in [0.25, 0.3) is 5.24 Å². The summed E-state index contributed by atoms with van der Waals surface area (Å²) in [6.45, 7) is 2.02. The van der Waals surface area contributed by atoms with Crippen LogP contribution in [0, 0.1) is 6.92 Å². The van der Waals surface area contributed by atoms with Crippen molar-refractivity contribution in [2.75, 3.05) is 0 Å². The topological polar surface area (TPSA) is 46.0 Å². The first-order valence-electron chi connectivity index (χ1n) is 4.87. The molecule has 0 saturated carbocycles. The van der Waals surface area contributed by atoms with E-state index in [4.69, 9.17) is 16.0 Å². The van der Waals surface area contributed by atoms with Crippen LogP contribution in [0.25, 0.3) is 22.0 Å². The first-order valence-corrected chi connectivity index (χ1v) is 5.24. The van der Waals surface area contributed by atoms with E-state index in [9.17, 15) is 4.79 Å². The molecule has 0 saturated heterocycles. The molecule has 0 aliphatic rings. The van der Waals surface area contributed by atoms with Crippen molar-refractivity contribution in [2.45, 2.75) is 6.92 Å². The number of aryl methyl sites for hydroxylation is 1. The summed E-state index contributed by atoms with van der Waals surface area (Å²) >= 11 is 5.36. The number of carbonyl (C=O) groups is 1. The lowest BCUT2D eigenvalue weighted by Gasteiger charge is -1.92. The fraction of sp³-hybridized carbons (Fsp3) is 0.0833. The number of fused-ring (bicyclic) bond motifs is 3. The Labute approximate surface area is 96.0 Å². The fourth-order valence-electron chi connectivity index (χ4n) is 1.89. The molecular weight excluding hydrogens is 226 g/mol. The number of rotatable bonds is 1. The zero-order chi connectivity index (χ0) is 11.3. The quantitative estimate of drug-likeness (QED) is 0.653. The molecule has 1 N–H and O–H groups in total. The van der Waals surface area contributed by atoms with Gasteiger partial charge in [0, 0.05) is 17.0 Å². The predicted molar refractivity (Wildman–Crippen MR) is 63.0 cm³/mol. The molecule has 0 spiro atoms. The third-order valence-electron chi connectivity index (χ3n) is 2.61. The summed E-state index contributed by atoms with van der Waals surface area (Å²) in [6, 6.07) is 7.63. The van der Waals surface area contributed by atoms with Gasteiger partial charge in [-0.25, -0.2) is 0 Å². The number of nitrogens with one attached hydrogen (secondary N) is 1. The Balaban J connectivity index is 2.38. The maximum Gasteiger partial charge on any atom is 0.287 e. The van der Waals surface area contributed by atoms with Gasteiger partial charge in [-0.05, 0) is 36.2 Å². The van der Waals surface area contributed by atoms with Crippen LogP contribution in [0.5, 0.6) is 0 Å². The van der Waals surface area contributed by atoms with Crippen LogP contribution in [-0.2, 0) is 0 Å². The van der Waals surface area contributed by atoms with Crippen molar-refractivity contribution >= 4 is 38.8 Å². The molecule has 3 rings (SSSR count). The van der Waals surface area contributed by atoms with Crippen molar-refractivity contribution in [2.24, 2.45) is 0 Å². The highest BCUT2D eigenvalue weighted by molar-refractivity contribution is 6.67. The summed E-state index contributed by atoms with van der Waals surface area (Å²) in [4.78, 5) is 14.2. The number of halogens is 1. The lowest BCUT2D eigenvalue weighted by atomic mass is 10.2. The molecule has 0 atom stereocenters. The number of H-pyrrole nitrogens is 1. The third kappa shape index (κ3) is 1.25. The van der Waals surface area contributed by atoms with E-state index >= 15 is 0 Å². The van der Waals surface area contributed by atoms with Crippen molar-refractivity contribution < 1.29 is 9.21 Å². The predicted octanol–water partition coefficient (Wildman–Crippen LogP) is 3.60. The van der Waals surface area contributed by atoms with E-state index < -0.39 is 5.24 Å². The van der Waals surface area contributed by atoms with E-state index in [1.54, 1.807) is 6.07 Å². The fourth-order valence-corrected chi connectivity index (χ4v) is 1.98. The molecule has 1 aromatic carbocycles. The SMILES string of the molecule is Cc1ccc2c(c1)[nH]c1cc(C(=O)Cl)oc12. The second-order valence-corrected chi connectivity index (χ2v) is 4.14. The second-order valence-electron chi connectivity index (χ2n) is 3.80. The van der Waals surface area contributed by atoms with Gasteiger partial charge in [0.05, 0.1) is 5.52 Å². The Bertz CT molecular complexity index is 708. The maximum atomic E-state index is 11.0. The molecule has 16 heavy (non-hydrogen) atoms. The number of benzene rings is 1. The van der Waals surface area contributed by atoms with Gasteiger partial charge < -0.3 is 9.40 Å². The Morgan fingerprint density at radius 3 is 2.88 bits per heavy atom. The summed E-state index contributed by atoms with van der Waals surface area (Å²) in [5.41, 5.74) is 3.65. The van der Waals surface area contributed by atoms with Crippen LogP contribution in [0.3, 0.4) is 0 Å². The van der Waals surface area contributed by atoms with Crippen LogP contribution in [0.2, 0.25) is 0 Å². The maximum absolute atomic E-state index is 11.0. The molecule has 0 radical (unpaired) electrons. The zero-order valence-corrected chi connectivity index (χ0v) is 9.26. The van der Waals surface area contributed by atoms with Crippen LogP contribution >= 0.6 is 11.6 Å². The van der Waals surface area contributed by atoms with Gasteiger partial charge >= 0.3 is 0 Å². The molecule has 2 heterocycles. The Morgan fingerprint density at radius 2 is 2.12 bits per heavy atom. The van der Waals surface area contributed by atoms with Crippen LogP contribution in [0.1, 0.15) is 16.1 Å². The second kappa shape index (κ2) is 3.12. The molecule has 0 aliphatic carbocycles. The summed E-state index contributed by atoms with van der Waals surface area (Å²) in [5.74, 6) is 0.172. The Hall–Kier alpha value is -1.74. The van der Waals surface area contributed by atoms with Gasteiger partial charge in [-0.3, -0.25) is 4.79 Å². The number of furan rings is 1. The molecule has 0 fully saturated rings. The monoisotopic (exact) mass is 233 g/mol. The number of aromatic nitrogens is 1. The minimum atomic E-state index is -0.579. The molecule has 0 amide bonds. The van der Waals surface area contributed by atoms with Crippen LogP contribution in [0.4, 0.5) is 0 Å². The van der Waals surface area contributed by atoms with Crippen LogP contribution in [-0.4, -0.2) is 10.2 Å². The molecule has 0 aliphatic heterocycles. The van der Waals surface area contributed by atoms with Crippen molar-refractivity contribution in [1.29, 1.82) is 0 Å². The largest absolute Gasteiger partial charge is 0.449 e. The summed E-state index contributed by atoms with van der Waals surface area (Å²) < 4.78 is 5.41. The van der Waals surface area contributed by atoms with E-state index in [1.807, 2.05) is 25.1 Å². The van der Waals surface area contributed by atoms with Gasteiger partial charge in [-0.1, -0.05) is 6.07 Å². The standard InChI is InChI=1S/C12H8ClNO2/c1-6-2-3-7-8(4-6)14-9-5-10(12(13)15)16-11(7)9/h2-5,14H,1H3. The number of carbonyl (C=O) groups excluding carboxylic acids is 1. The molecule has 0 unspecified atom stereocenters. The van der Waals surface area contributed by atoms with Crippen molar-refractivity contribution in [3.05, 3.63) is 35.6 Å². The minimum Gasteiger partial charge on any atom is -0.449 e. The number of aromatic amines is 1. The smallest absolute Gasteiger partial charge is 0.287 e. The van der Waals surface area contributed by atoms with Crippen LogP contribution in [0.15, 0.2) is 28.7 Å². The molecule has 4 heteroatoms.